The van der Waals surface area contributed by atoms with Crippen LogP contribution in [0, 0.1) is 0 Å². The quantitative estimate of drug-likeness (QED) is 0.376. The lowest BCUT2D eigenvalue weighted by Crippen LogP contribution is -2.41. The molecule has 9 heteroatoms. The minimum Gasteiger partial charge on any atom is -0.392 e. The van der Waals surface area contributed by atoms with E-state index in [2.05, 4.69) is 28.0 Å². The van der Waals surface area contributed by atoms with E-state index in [1.165, 1.54) is 28.7 Å². The summed E-state index contributed by atoms with van der Waals surface area (Å²) in [5.41, 5.74) is 6.46. The number of carbonyl (C=O) groups excluding carboxylic acids is 1. The van der Waals surface area contributed by atoms with Crippen LogP contribution >= 0.6 is 0 Å². The van der Waals surface area contributed by atoms with E-state index in [0.29, 0.717) is 29.3 Å². The molecule has 1 aromatic carbocycles. The number of hydrogen-bond acceptors (Lipinski definition) is 5. The van der Waals surface area contributed by atoms with Gasteiger partial charge < -0.3 is 24.5 Å². The van der Waals surface area contributed by atoms with Crippen LogP contribution in [-0.4, -0.2) is 36.5 Å². The molecule has 1 aliphatic heterocycles. The second-order valence-corrected chi connectivity index (χ2v) is 10.4. The molecule has 2 aliphatic rings. The fraction of sp³-hybridized carbons (Fsp3) is 0.367. The highest BCUT2D eigenvalue weighted by Crippen LogP contribution is 2.35. The lowest BCUT2D eigenvalue weighted by atomic mass is 9.98. The molecule has 0 saturated carbocycles. The van der Waals surface area contributed by atoms with Crippen LogP contribution in [0.2, 0.25) is 0 Å². The molecule has 0 saturated heterocycles. The van der Waals surface area contributed by atoms with Gasteiger partial charge in [0.05, 0.1) is 12.3 Å². The van der Waals surface area contributed by atoms with Crippen molar-refractivity contribution in [3.8, 4) is 11.1 Å². The first-order valence-electron chi connectivity index (χ1n) is 13.8. The predicted molar refractivity (Wildman–Crippen MR) is 152 cm³/mol. The van der Waals surface area contributed by atoms with E-state index in [9.17, 15) is 14.7 Å². The van der Waals surface area contributed by atoms with Crippen LogP contribution in [0.15, 0.2) is 53.6 Å². The molecule has 0 radical (unpaired) electrons. The number of nitrogens with one attached hydrogen (secondary N) is 1. The fourth-order valence-electron chi connectivity index (χ4n) is 6.00. The molecule has 0 atom stereocenters. The molecule has 0 bridgehead atoms. The number of aryl methyl sites for hydroxylation is 3. The Labute approximate surface area is 227 Å². The topological polar surface area (TPSA) is 97.3 Å². The van der Waals surface area contributed by atoms with Crippen molar-refractivity contribution < 1.29 is 9.90 Å². The molecule has 4 aromatic rings. The number of fused-ring (bicyclic) bond motifs is 3. The van der Waals surface area contributed by atoms with Crippen LogP contribution in [0.1, 0.15) is 53.5 Å². The summed E-state index contributed by atoms with van der Waals surface area (Å²) in [5.74, 6) is 0.562. The van der Waals surface area contributed by atoms with Gasteiger partial charge in [0, 0.05) is 62.0 Å². The van der Waals surface area contributed by atoms with Gasteiger partial charge in [-0.15, -0.1) is 0 Å². The van der Waals surface area contributed by atoms with Gasteiger partial charge in [0.15, 0.2) is 5.82 Å². The van der Waals surface area contributed by atoms with Crippen molar-refractivity contribution in [2.45, 2.75) is 58.7 Å². The van der Waals surface area contributed by atoms with Crippen molar-refractivity contribution in [3.63, 3.8) is 0 Å². The molecule has 202 valence electrons. The van der Waals surface area contributed by atoms with Crippen LogP contribution in [0.25, 0.3) is 11.1 Å². The first-order valence-corrected chi connectivity index (χ1v) is 13.8. The van der Waals surface area contributed by atoms with Crippen LogP contribution in [0.3, 0.4) is 0 Å². The molecule has 1 amide bonds. The van der Waals surface area contributed by atoms with Gasteiger partial charge in [0.25, 0.3) is 11.5 Å². The summed E-state index contributed by atoms with van der Waals surface area (Å²) >= 11 is 0. The summed E-state index contributed by atoms with van der Waals surface area (Å²) in [6.07, 6.45) is 9.01. The maximum atomic E-state index is 13.7. The van der Waals surface area contributed by atoms with E-state index < -0.39 is 0 Å². The van der Waals surface area contributed by atoms with Gasteiger partial charge in [-0.05, 0) is 61.4 Å². The SMILES string of the molecule is CCCn1ccc(Nc2cc(-c3cccc(N4CCn5c(cc6c5CCCC6)C4=O)c3CO)cn(C)c2=O)n1. The van der Waals surface area contributed by atoms with Gasteiger partial charge >= 0.3 is 0 Å². The third-order valence-corrected chi connectivity index (χ3v) is 7.87. The van der Waals surface area contributed by atoms with E-state index in [1.54, 1.807) is 24.2 Å². The second kappa shape index (κ2) is 10.2. The van der Waals surface area contributed by atoms with Crippen LogP contribution in [-0.2, 0) is 39.6 Å². The molecule has 9 nitrogen and oxygen atoms in total. The average molecular weight is 527 g/mol. The lowest BCUT2D eigenvalue weighted by molar-refractivity contribution is 0.0964. The number of aliphatic hydroxyl groups excluding tert-OH is 1. The Morgan fingerprint density at radius 2 is 1.92 bits per heavy atom. The zero-order chi connectivity index (χ0) is 27.1. The summed E-state index contributed by atoms with van der Waals surface area (Å²) in [7, 11) is 1.71. The average Bonchev–Trinajstić information content (AvgIpc) is 3.56. The maximum absolute atomic E-state index is 13.7. The first kappa shape index (κ1) is 25.2. The van der Waals surface area contributed by atoms with Crippen molar-refractivity contribution in [3.05, 3.63) is 81.7 Å². The van der Waals surface area contributed by atoms with Crippen LogP contribution in [0.4, 0.5) is 17.2 Å². The Hall–Kier alpha value is -4.11. The highest BCUT2D eigenvalue weighted by Gasteiger charge is 2.31. The maximum Gasteiger partial charge on any atom is 0.274 e. The molecule has 1 aliphatic carbocycles. The monoisotopic (exact) mass is 526 g/mol. The van der Waals surface area contributed by atoms with Gasteiger partial charge in [0.1, 0.15) is 11.4 Å². The third kappa shape index (κ3) is 4.46. The Balaban J connectivity index is 1.36. The number of anilines is 3. The number of aromatic nitrogens is 4. The lowest BCUT2D eigenvalue weighted by Gasteiger charge is -2.31. The normalized spacial score (nSPS) is 14.8. The highest BCUT2D eigenvalue weighted by molar-refractivity contribution is 6.07. The summed E-state index contributed by atoms with van der Waals surface area (Å²) < 4.78 is 5.56. The summed E-state index contributed by atoms with van der Waals surface area (Å²) in [6.45, 7) is 3.94. The van der Waals surface area contributed by atoms with Crippen molar-refractivity contribution in [2.24, 2.45) is 7.05 Å². The number of nitrogens with zero attached hydrogens (tertiary/aromatic N) is 5. The van der Waals surface area contributed by atoms with Gasteiger partial charge in [-0.25, -0.2) is 0 Å². The minimum atomic E-state index is -0.236. The van der Waals surface area contributed by atoms with Gasteiger partial charge in [-0.1, -0.05) is 19.1 Å². The second-order valence-electron chi connectivity index (χ2n) is 10.4. The Morgan fingerprint density at radius 3 is 2.74 bits per heavy atom. The van der Waals surface area contributed by atoms with Gasteiger partial charge in [-0.3, -0.25) is 14.3 Å². The van der Waals surface area contributed by atoms with Crippen molar-refractivity contribution >= 4 is 23.1 Å². The molecule has 3 aromatic heterocycles. The zero-order valence-corrected chi connectivity index (χ0v) is 22.5. The van der Waals surface area contributed by atoms with Crippen molar-refractivity contribution in [2.75, 3.05) is 16.8 Å². The van der Waals surface area contributed by atoms with E-state index in [0.717, 1.165) is 49.2 Å². The van der Waals surface area contributed by atoms with E-state index in [1.807, 2.05) is 35.1 Å². The zero-order valence-electron chi connectivity index (χ0n) is 22.5. The molecular formula is C30H34N6O3. The van der Waals surface area contributed by atoms with Crippen molar-refractivity contribution in [1.82, 2.24) is 18.9 Å². The molecular weight excluding hydrogens is 492 g/mol. The van der Waals surface area contributed by atoms with E-state index in [4.69, 9.17) is 0 Å². The number of pyridine rings is 1. The fourth-order valence-corrected chi connectivity index (χ4v) is 6.00. The number of aliphatic hydroxyl groups is 1. The molecule has 0 unspecified atom stereocenters. The first-order chi connectivity index (χ1) is 19.0. The molecule has 6 rings (SSSR count). The van der Waals surface area contributed by atoms with E-state index >= 15 is 0 Å². The largest absolute Gasteiger partial charge is 0.392 e. The summed E-state index contributed by atoms with van der Waals surface area (Å²) in [6, 6.07) is 11.4. The van der Waals surface area contributed by atoms with Crippen LogP contribution in [0.5, 0.6) is 0 Å². The van der Waals surface area contributed by atoms with E-state index in [-0.39, 0.29) is 18.1 Å². The third-order valence-electron chi connectivity index (χ3n) is 7.87. The summed E-state index contributed by atoms with van der Waals surface area (Å²) in [4.78, 5) is 28.5. The molecule has 0 spiro atoms. The predicted octanol–water partition coefficient (Wildman–Crippen LogP) is 4.24. The van der Waals surface area contributed by atoms with Gasteiger partial charge in [0.2, 0.25) is 0 Å². The molecule has 0 fully saturated rings. The molecule has 2 N–H and O–H groups in total. The number of amides is 1. The van der Waals surface area contributed by atoms with Crippen molar-refractivity contribution in [1.29, 1.82) is 0 Å². The number of carbonyl (C=O) groups is 1. The highest BCUT2D eigenvalue weighted by atomic mass is 16.3. The molecule has 39 heavy (non-hydrogen) atoms. The smallest absolute Gasteiger partial charge is 0.274 e. The number of benzene rings is 1. The molecule has 4 heterocycles. The number of rotatable bonds is 7. The number of hydrogen-bond donors (Lipinski definition) is 2. The Bertz CT molecular complexity index is 1610. The standard InChI is InChI=1S/C30H34N6O3/c1-3-12-34-13-11-28(32-34)31-24-16-21(18-33(2)29(24)38)22-8-6-10-26(23(22)19-37)36-15-14-35-25-9-5-4-7-20(25)17-27(35)30(36)39/h6,8,10-11,13,16-18,37H,3-5,7,9,12,14-15,19H2,1-2H3,(H,31,32). The Morgan fingerprint density at radius 1 is 1.08 bits per heavy atom. The summed E-state index contributed by atoms with van der Waals surface area (Å²) in [5, 5.41) is 18.2. The minimum absolute atomic E-state index is 0.0343. The van der Waals surface area contributed by atoms with Gasteiger partial charge in [-0.2, -0.15) is 5.10 Å². The Kier molecular flexibility index (Phi) is 6.60. The van der Waals surface area contributed by atoms with Crippen LogP contribution < -0.4 is 15.8 Å².